The lowest BCUT2D eigenvalue weighted by Gasteiger charge is -2.35. The molecular weight excluding hydrogens is 294 g/mol. The summed E-state index contributed by atoms with van der Waals surface area (Å²) in [6.45, 7) is 12.4. The molecule has 0 saturated carbocycles. The molecule has 2 heterocycles. The number of likely N-dealkylation sites (N-methyl/N-ethyl adjacent to an activating group) is 1. The second kappa shape index (κ2) is 9.43. The maximum Gasteiger partial charge on any atom is 0.0366 e. The van der Waals surface area contributed by atoms with E-state index in [1.165, 1.54) is 90.1 Å². The van der Waals surface area contributed by atoms with E-state index in [1.807, 2.05) is 0 Å². The van der Waals surface area contributed by atoms with Gasteiger partial charge >= 0.3 is 0 Å². The summed E-state index contributed by atoms with van der Waals surface area (Å²) in [6.07, 6.45) is 7.01. The minimum atomic E-state index is 0.960. The van der Waals surface area contributed by atoms with Crippen molar-refractivity contribution in [3.8, 4) is 0 Å². The molecule has 2 aliphatic rings. The van der Waals surface area contributed by atoms with Gasteiger partial charge in [0.25, 0.3) is 0 Å². The smallest absolute Gasteiger partial charge is 0.0366 e. The summed E-state index contributed by atoms with van der Waals surface area (Å²) in [6, 6.07) is 10.9. The Kier molecular flexibility index (Phi) is 6.98. The highest BCUT2D eigenvalue weighted by atomic mass is 15.3. The summed E-state index contributed by atoms with van der Waals surface area (Å²) in [5.41, 5.74) is 1.40. The van der Waals surface area contributed by atoms with Crippen LogP contribution in [-0.2, 0) is 0 Å². The number of piperazine rings is 1. The molecule has 0 spiro atoms. The number of unbranched alkanes of at least 4 members (excludes halogenated alkanes) is 1. The third kappa shape index (κ3) is 5.22. The van der Waals surface area contributed by atoms with Crippen molar-refractivity contribution in [2.75, 3.05) is 57.3 Å². The Labute approximate surface area is 148 Å². The van der Waals surface area contributed by atoms with Gasteiger partial charge in [0.05, 0.1) is 0 Å². The summed E-state index contributed by atoms with van der Waals surface area (Å²) < 4.78 is 0. The van der Waals surface area contributed by atoms with E-state index in [0.717, 1.165) is 5.92 Å². The largest absolute Gasteiger partial charge is 0.372 e. The van der Waals surface area contributed by atoms with Crippen LogP contribution in [0.5, 0.6) is 0 Å². The van der Waals surface area contributed by atoms with Crippen molar-refractivity contribution >= 4 is 5.69 Å². The topological polar surface area (TPSA) is 9.72 Å². The molecule has 1 aromatic rings. The van der Waals surface area contributed by atoms with E-state index >= 15 is 0 Å². The van der Waals surface area contributed by atoms with Crippen LogP contribution in [0.4, 0.5) is 5.69 Å². The fourth-order valence-electron chi connectivity index (χ4n) is 4.22. The highest BCUT2D eigenvalue weighted by Crippen LogP contribution is 2.26. The van der Waals surface area contributed by atoms with Gasteiger partial charge in [-0.05, 0) is 50.4 Å². The first-order valence-electron chi connectivity index (χ1n) is 10.1. The third-order valence-electron chi connectivity index (χ3n) is 5.98. The van der Waals surface area contributed by atoms with Crippen molar-refractivity contribution < 1.29 is 0 Å². The average molecular weight is 330 g/mol. The molecule has 3 rings (SSSR count). The first-order valence-corrected chi connectivity index (χ1v) is 10.1. The van der Waals surface area contributed by atoms with Gasteiger partial charge in [0.15, 0.2) is 0 Å². The Balaban J connectivity index is 1.26. The molecule has 3 heteroatoms. The van der Waals surface area contributed by atoms with E-state index in [1.54, 1.807) is 0 Å². The number of piperidine rings is 1. The second-order valence-electron chi connectivity index (χ2n) is 7.54. The summed E-state index contributed by atoms with van der Waals surface area (Å²) in [4.78, 5) is 7.80. The SMILES string of the molecule is CCN1CCN(CCCCC2CCN(c3ccccc3)CC2)CC1. The van der Waals surface area contributed by atoms with Crippen LogP contribution in [0.3, 0.4) is 0 Å². The molecule has 0 N–H and O–H groups in total. The lowest BCUT2D eigenvalue weighted by Crippen LogP contribution is -2.46. The molecule has 0 aliphatic carbocycles. The summed E-state index contributed by atoms with van der Waals surface area (Å²) in [5.74, 6) is 0.960. The Morgan fingerprint density at radius 3 is 2.17 bits per heavy atom. The molecule has 2 saturated heterocycles. The highest BCUT2D eigenvalue weighted by Gasteiger charge is 2.19. The summed E-state index contributed by atoms with van der Waals surface area (Å²) in [7, 11) is 0. The van der Waals surface area contributed by atoms with Gasteiger partial charge in [0, 0.05) is 45.0 Å². The van der Waals surface area contributed by atoms with Gasteiger partial charge < -0.3 is 14.7 Å². The molecule has 0 radical (unpaired) electrons. The predicted molar refractivity (Wildman–Crippen MR) is 104 cm³/mol. The number of rotatable bonds is 7. The molecule has 3 nitrogen and oxygen atoms in total. The zero-order chi connectivity index (χ0) is 16.6. The van der Waals surface area contributed by atoms with Crippen LogP contribution in [0.15, 0.2) is 30.3 Å². The Morgan fingerprint density at radius 2 is 1.50 bits per heavy atom. The van der Waals surface area contributed by atoms with Crippen LogP contribution in [0.25, 0.3) is 0 Å². The minimum absolute atomic E-state index is 0.960. The van der Waals surface area contributed by atoms with Crippen LogP contribution in [0, 0.1) is 5.92 Å². The summed E-state index contributed by atoms with van der Waals surface area (Å²) in [5, 5.41) is 0. The Morgan fingerprint density at radius 1 is 0.833 bits per heavy atom. The maximum atomic E-state index is 2.67. The minimum Gasteiger partial charge on any atom is -0.372 e. The van der Waals surface area contributed by atoms with Gasteiger partial charge in [-0.15, -0.1) is 0 Å². The number of nitrogens with zero attached hydrogens (tertiary/aromatic N) is 3. The Hall–Kier alpha value is -1.06. The van der Waals surface area contributed by atoms with E-state index in [0.29, 0.717) is 0 Å². The first-order chi connectivity index (χ1) is 11.8. The van der Waals surface area contributed by atoms with Crippen LogP contribution >= 0.6 is 0 Å². The van der Waals surface area contributed by atoms with Crippen molar-refractivity contribution in [1.82, 2.24) is 9.80 Å². The van der Waals surface area contributed by atoms with Crippen LogP contribution in [0.1, 0.15) is 39.0 Å². The van der Waals surface area contributed by atoms with Gasteiger partial charge in [-0.3, -0.25) is 0 Å². The fourth-order valence-corrected chi connectivity index (χ4v) is 4.22. The molecule has 0 amide bonds. The first kappa shape index (κ1) is 17.8. The lowest BCUT2D eigenvalue weighted by molar-refractivity contribution is 0.135. The normalized spacial score (nSPS) is 21.3. The van der Waals surface area contributed by atoms with E-state index in [4.69, 9.17) is 0 Å². The Bertz CT molecular complexity index is 445. The average Bonchev–Trinajstić information content (AvgIpc) is 2.67. The van der Waals surface area contributed by atoms with Gasteiger partial charge in [0.2, 0.25) is 0 Å². The van der Waals surface area contributed by atoms with Crippen molar-refractivity contribution in [2.24, 2.45) is 5.92 Å². The molecule has 0 bridgehead atoms. The number of para-hydroxylation sites is 1. The number of hydrogen-bond donors (Lipinski definition) is 0. The summed E-state index contributed by atoms with van der Waals surface area (Å²) >= 11 is 0. The predicted octanol–water partition coefficient (Wildman–Crippen LogP) is 3.71. The van der Waals surface area contributed by atoms with Crippen molar-refractivity contribution in [3.05, 3.63) is 30.3 Å². The molecule has 0 aromatic heterocycles. The fraction of sp³-hybridized carbons (Fsp3) is 0.714. The standard InChI is InChI=1S/C21H35N3/c1-2-22-16-18-23(19-17-22)13-7-6-8-20-11-14-24(15-12-20)21-9-4-3-5-10-21/h3-5,9-10,20H,2,6-8,11-19H2,1H3. The maximum absolute atomic E-state index is 2.67. The van der Waals surface area contributed by atoms with Gasteiger partial charge in [0.1, 0.15) is 0 Å². The van der Waals surface area contributed by atoms with Gasteiger partial charge in [-0.1, -0.05) is 38.0 Å². The van der Waals surface area contributed by atoms with Crippen molar-refractivity contribution in [2.45, 2.75) is 39.0 Å². The quantitative estimate of drug-likeness (QED) is 0.706. The van der Waals surface area contributed by atoms with Crippen molar-refractivity contribution in [1.29, 1.82) is 0 Å². The molecule has 1 aromatic carbocycles. The van der Waals surface area contributed by atoms with Crippen LogP contribution in [-0.4, -0.2) is 62.2 Å². The number of hydrogen-bond acceptors (Lipinski definition) is 3. The van der Waals surface area contributed by atoms with E-state index < -0.39 is 0 Å². The molecule has 24 heavy (non-hydrogen) atoms. The van der Waals surface area contributed by atoms with Crippen LogP contribution in [0.2, 0.25) is 0 Å². The molecule has 0 atom stereocenters. The molecule has 134 valence electrons. The molecule has 2 fully saturated rings. The molecule has 0 unspecified atom stereocenters. The van der Waals surface area contributed by atoms with Crippen LogP contribution < -0.4 is 4.90 Å². The second-order valence-corrected chi connectivity index (χ2v) is 7.54. The van der Waals surface area contributed by atoms with Gasteiger partial charge in [-0.25, -0.2) is 0 Å². The lowest BCUT2D eigenvalue weighted by atomic mass is 9.91. The zero-order valence-electron chi connectivity index (χ0n) is 15.5. The molecular formula is C21H35N3. The van der Waals surface area contributed by atoms with E-state index in [9.17, 15) is 0 Å². The number of benzene rings is 1. The van der Waals surface area contributed by atoms with Gasteiger partial charge in [-0.2, -0.15) is 0 Å². The monoisotopic (exact) mass is 329 g/mol. The number of anilines is 1. The third-order valence-corrected chi connectivity index (χ3v) is 5.98. The van der Waals surface area contributed by atoms with E-state index in [-0.39, 0.29) is 0 Å². The zero-order valence-corrected chi connectivity index (χ0v) is 15.5. The van der Waals surface area contributed by atoms with Crippen molar-refractivity contribution in [3.63, 3.8) is 0 Å². The van der Waals surface area contributed by atoms with E-state index in [2.05, 4.69) is 52.0 Å². The highest BCUT2D eigenvalue weighted by molar-refractivity contribution is 5.46. The molecule has 2 aliphatic heterocycles.